The van der Waals surface area contributed by atoms with Crippen LogP contribution in [0.1, 0.15) is 51.3 Å². The van der Waals surface area contributed by atoms with Gasteiger partial charge in [0.05, 0.1) is 22.7 Å². The van der Waals surface area contributed by atoms with Gasteiger partial charge in [0.1, 0.15) is 11.6 Å². The zero-order chi connectivity index (χ0) is 28.9. The Labute approximate surface area is 218 Å². The zero-order valence-corrected chi connectivity index (χ0v) is 23.8. The number of nitrogens with one attached hydrogen (secondary N) is 2. The SMILES string of the molecule is CC.CC.CS(=O)(=O)NCCCc1nc(Cc2cc(S(=O)(=O)O)ccc2S(=O)(=O)O)nc(NCCO)n1. The van der Waals surface area contributed by atoms with Crippen molar-refractivity contribution < 1.29 is 39.5 Å². The fraction of sp³-hybridized carbons (Fsp3) is 0.550. The molecule has 0 bridgehead atoms. The molecule has 2 rings (SSSR count). The van der Waals surface area contributed by atoms with Crippen LogP contribution in [0.25, 0.3) is 0 Å². The van der Waals surface area contributed by atoms with Gasteiger partial charge < -0.3 is 10.4 Å². The topological polar surface area (TPSA) is 226 Å². The van der Waals surface area contributed by atoms with Crippen LogP contribution in [0.15, 0.2) is 28.0 Å². The Hall–Kier alpha value is -2.28. The Kier molecular flexibility index (Phi) is 14.9. The van der Waals surface area contributed by atoms with Gasteiger partial charge in [0, 0.05) is 25.9 Å². The smallest absolute Gasteiger partial charge is 0.294 e. The molecule has 1 aromatic carbocycles. The van der Waals surface area contributed by atoms with Gasteiger partial charge in [-0.15, -0.1) is 0 Å². The van der Waals surface area contributed by atoms with Crippen LogP contribution in [0.2, 0.25) is 0 Å². The summed E-state index contributed by atoms with van der Waals surface area (Å²) in [6.07, 6.45) is 1.19. The summed E-state index contributed by atoms with van der Waals surface area (Å²) in [6, 6.07) is 2.53. The molecule has 212 valence electrons. The number of hydrogen-bond acceptors (Lipinski definition) is 11. The number of aliphatic hydroxyl groups excluding tert-OH is 1. The van der Waals surface area contributed by atoms with Crippen LogP contribution in [0.4, 0.5) is 5.95 Å². The third-order valence-electron chi connectivity index (χ3n) is 4.02. The summed E-state index contributed by atoms with van der Waals surface area (Å²) in [7, 11) is -12.8. The molecule has 0 radical (unpaired) electrons. The summed E-state index contributed by atoms with van der Waals surface area (Å²) in [4.78, 5) is 11.3. The van der Waals surface area contributed by atoms with Gasteiger partial charge in [-0.2, -0.15) is 26.8 Å². The van der Waals surface area contributed by atoms with Crippen molar-refractivity contribution in [2.24, 2.45) is 0 Å². The molecule has 0 saturated heterocycles. The first kappa shape index (κ1) is 34.7. The van der Waals surface area contributed by atoms with Gasteiger partial charge in [-0.05, 0) is 30.2 Å². The molecule has 0 fully saturated rings. The van der Waals surface area contributed by atoms with Crippen molar-refractivity contribution in [3.63, 3.8) is 0 Å². The summed E-state index contributed by atoms with van der Waals surface area (Å²) in [6.45, 7) is 7.97. The van der Waals surface area contributed by atoms with E-state index < -0.39 is 40.1 Å². The highest BCUT2D eigenvalue weighted by atomic mass is 32.2. The number of anilines is 1. The van der Waals surface area contributed by atoms with Crippen molar-refractivity contribution in [1.82, 2.24) is 19.7 Å². The molecule has 37 heavy (non-hydrogen) atoms. The first-order chi connectivity index (χ1) is 17.2. The second-order valence-corrected chi connectivity index (χ2v) is 11.5. The molecule has 2 aromatic rings. The van der Waals surface area contributed by atoms with E-state index in [1.165, 1.54) is 0 Å². The van der Waals surface area contributed by atoms with Crippen LogP contribution in [0, 0.1) is 0 Å². The van der Waals surface area contributed by atoms with Crippen LogP contribution in [-0.4, -0.2) is 80.4 Å². The molecule has 0 aliphatic heterocycles. The molecule has 0 amide bonds. The van der Waals surface area contributed by atoms with Crippen molar-refractivity contribution >= 4 is 36.2 Å². The minimum Gasteiger partial charge on any atom is -0.395 e. The largest absolute Gasteiger partial charge is 0.395 e. The molecule has 14 nitrogen and oxygen atoms in total. The summed E-state index contributed by atoms with van der Waals surface area (Å²) in [5, 5.41) is 11.7. The minimum absolute atomic E-state index is 0.00565. The predicted molar refractivity (Wildman–Crippen MR) is 138 cm³/mol. The molecule has 0 spiro atoms. The van der Waals surface area contributed by atoms with E-state index in [-0.39, 0.29) is 55.7 Å². The molecular weight excluding hydrogens is 550 g/mol. The van der Waals surface area contributed by atoms with Crippen LogP contribution in [0.3, 0.4) is 0 Å². The Bertz CT molecular complexity index is 1320. The molecule has 0 atom stereocenters. The van der Waals surface area contributed by atoms with Crippen molar-refractivity contribution in [2.45, 2.75) is 56.7 Å². The van der Waals surface area contributed by atoms with Crippen LogP contribution in [-0.2, 0) is 43.1 Å². The summed E-state index contributed by atoms with van der Waals surface area (Å²) >= 11 is 0. The van der Waals surface area contributed by atoms with Gasteiger partial charge in [0.15, 0.2) is 0 Å². The second kappa shape index (κ2) is 15.9. The van der Waals surface area contributed by atoms with Gasteiger partial charge in [-0.25, -0.2) is 18.1 Å². The first-order valence-corrected chi connectivity index (χ1v) is 16.1. The maximum atomic E-state index is 11.7. The van der Waals surface area contributed by atoms with E-state index in [2.05, 4.69) is 25.0 Å². The number of aryl methyl sites for hydroxylation is 1. The molecule has 17 heteroatoms. The first-order valence-electron chi connectivity index (χ1n) is 11.3. The van der Waals surface area contributed by atoms with E-state index in [1.54, 1.807) is 0 Å². The Balaban J connectivity index is 0.00000308. The lowest BCUT2D eigenvalue weighted by atomic mass is 10.1. The highest BCUT2D eigenvalue weighted by molar-refractivity contribution is 7.88. The normalized spacial score (nSPS) is 11.6. The van der Waals surface area contributed by atoms with E-state index in [1.807, 2.05) is 27.7 Å². The lowest BCUT2D eigenvalue weighted by Gasteiger charge is -2.11. The van der Waals surface area contributed by atoms with Gasteiger partial charge >= 0.3 is 0 Å². The minimum atomic E-state index is -4.74. The maximum absolute atomic E-state index is 11.7. The average molecular weight is 586 g/mol. The number of nitrogens with zero attached hydrogens (tertiary/aromatic N) is 3. The number of rotatable bonds is 12. The third-order valence-corrected chi connectivity index (χ3v) is 6.55. The third kappa shape index (κ3) is 13.2. The molecule has 1 heterocycles. The Morgan fingerprint density at radius 2 is 1.43 bits per heavy atom. The number of sulfonamides is 1. The fourth-order valence-electron chi connectivity index (χ4n) is 2.69. The second-order valence-electron chi connectivity index (χ2n) is 6.81. The fourth-order valence-corrected chi connectivity index (χ4v) is 4.44. The Morgan fingerprint density at radius 3 is 1.95 bits per heavy atom. The number of aliphatic hydroxyl groups is 1. The molecule has 1 aromatic heterocycles. The van der Waals surface area contributed by atoms with Crippen LogP contribution < -0.4 is 10.0 Å². The van der Waals surface area contributed by atoms with Crippen LogP contribution >= 0.6 is 0 Å². The molecule has 0 unspecified atom stereocenters. The molecule has 0 aliphatic carbocycles. The standard InChI is InChI=1S/C16H23N5O9S3.2C2H6/c1-31(23,24)18-6-2-3-14-19-15(21-16(20-14)17-7-8-22)10-11-9-12(32(25,26)27)4-5-13(11)33(28,29)30;2*1-2/h4-5,9,18,22H,2-3,6-8,10H2,1H3,(H,25,26,27)(H,28,29,30)(H,17,19,20,21);2*1-2H3. The predicted octanol–water partition coefficient (Wildman–Crippen LogP) is 0.894. The van der Waals surface area contributed by atoms with E-state index in [4.69, 9.17) is 5.11 Å². The van der Waals surface area contributed by atoms with E-state index in [0.717, 1.165) is 24.5 Å². The monoisotopic (exact) mass is 585 g/mol. The van der Waals surface area contributed by atoms with Gasteiger partial charge in [-0.3, -0.25) is 9.11 Å². The summed E-state index contributed by atoms with van der Waals surface area (Å²) in [5.74, 6) is 0.253. The molecule has 0 aliphatic rings. The Morgan fingerprint density at radius 1 is 0.838 bits per heavy atom. The van der Waals surface area contributed by atoms with Crippen molar-refractivity contribution in [3.05, 3.63) is 35.4 Å². The van der Waals surface area contributed by atoms with Crippen molar-refractivity contribution in [1.29, 1.82) is 0 Å². The zero-order valence-electron chi connectivity index (χ0n) is 21.3. The maximum Gasteiger partial charge on any atom is 0.294 e. The van der Waals surface area contributed by atoms with E-state index in [9.17, 15) is 34.4 Å². The van der Waals surface area contributed by atoms with E-state index >= 15 is 0 Å². The number of benzene rings is 1. The summed E-state index contributed by atoms with van der Waals surface area (Å²) < 4.78 is 89.8. The van der Waals surface area contributed by atoms with Crippen LogP contribution in [0.5, 0.6) is 0 Å². The average Bonchev–Trinajstić information content (AvgIpc) is 2.81. The van der Waals surface area contributed by atoms with Crippen molar-refractivity contribution in [2.75, 3.05) is 31.3 Å². The number of aromatic nitrogens is 3. The van der Waals surface area contributed by atoms with Gasteiger partial charge in [0.25, 0.3) is 20.2 Å². The van der Waals surface area contributed by atoms with Gasteiger partial charge in [0.2, 0.25) is 16.0 Å². The van der Waals surface area contributed by atoms with Crippen molar-refractivity contribution in [3.8, 4) is 0 Å². The van der Waals surface area contributed by atoms with Gasteiger partial charge in [-0.1, -0.05) is 27.7 Å². The highest BCUT2D eigenvalue weighted by Gasteiger charge is 2.21. The highest BCUT2D eigenvalue weighted by Crippen LogP contribution is 2.22. The van der Waals surface area contributed by atoms with E-state index in [0.29, 0.717) is 6.42 Å². The summed E-state index contributed by atoms with van der Waals surface area (Å²) in [5.41, 5.74) is -0.198. The lowest BCUT2D eigenvalue weighted by Crippen LogP contribution is -2.23. The molecule has 5 N–H and O–H groups in total. The molecule has 0 saturated carbocycles. The number of hydrogen-bond donors (Lipinski definition) is 5. The lowest BCUT2D eigenvalue weighted by molar-refractivity contribution is 0.310. The molecular formula is C20H35N5O9S3. The quantitative estimate of drug-likeness (QED) is 0.172.